The van der Waals surface area contributed by atoms with Gasteiger partial charge in [-0.2, -0.15) is 5.10 Å². The van der Waals surface area contributed by atoms with Crippen molar-refractivity contribution in [3.63, 3.8) is 0 Å². The van der Waals surface area contributed by atoms with Crippen molar-refractivity contribution < 1.29 is 0 Å². The molecule has 1 aromatic heterocycles. The molecule has 0 spiro atoms. The highest BCUT2D eigenvalue weighted by Gasteiger charge is 2.08. The Morgan fingerprint density at radius 1 is 1.33 bits per heavy atom. The van der Waals surface area contributed by atoms with Gasteiger partial charge in [-0.15, -0.1) is 24.0 Å². The third kappa shape index (κ3) is 6.49. The van der Waals surface area contributed by atoms with Crippen LogP contribution in [0.4, 0.5) is 0 Å². The first-order chi connectivity index (χ1) is 11.1. The van der Waals surface area contributed by atoms with Gasteiger partial charge in [0, 0.05) is 32.5 Å². The van der Waals surface area contributed by atoms with Crippen molar-refractivity contribution in [3.8, 4) is 0 Å². The summed E-state index contributed by atoms with van der Waals surface area (Å²) in [5, 5.41) is 8.61. The van der Waals surface area contributed by atoms with Crippen LogP contribution in [0.5, 0.6) is 0 Å². The molecule has 8 heteroatoms. The van der Waals surface area contributed by atoms with E-state index in [4.69, 9.17) is 23.2 Å². The minimum absolute atomic E-state index is 0. The molecule has 0 atom stereocenters. The van der Waals surface area contributed by atoms with Gasteiger partial charge in [0.25, 0.3) is 0 Å². The van der Waals surface area contributed by atoms with Crippen LogP contribution in [-0.2, 0) is 13.1 Å². The second-order valence-electron chi connectivity index (χ2n) is 5.11. The number of aliphatic imine (C=N–C) groups is 1. The fraction of sp³-hybridized carbons (Fsp3) is 0.375. The van der Waals surface area contributed by atoms with Crippen molar-refractivity contribution >= 4 is 53.1 Å². The monoisotopic (exact) mass is 481 g/mol. The molecule has 24 heavy (non-hydrogen) atoms. The number of rotatable bonds is 6. The Hall–Kier alpha value is -0.990. The molecule has 132 valence electrons. The van der Waals surface area contributed by atoms with Crippen molar-refractivity contribution in [1.82, 2.24) is 20.0 Å². The van der Waals surface area contributed by atoms with E-state index in [1.54, 1.807) is 6.20 Å². The SMILES string of the molecule is CCNC(=NCCn1cccn1)N(C)Cc1ccc(Cl)c(Cl)c1.I. The van der Waals surface area contributed by atoms with Gasteiger partial charge in [0.15, 0.2) is 5.96 Å². The van der Waals surface area contributed by atoms with Crippen LogP contribution in [0, 0.1) is 0 Å². The molecule has 0 aliphatic rings. The maximum absolute atomic E-state index is 6.07. The summed E-state index contributed by atoms with van der Waals surface area (Å²) < 4.78 is 1.87. The summed E-state index contributed by atoms with van der Waals surface area (Å²) >= 11 is 12.0. The molecule has 0 aliphatic heterocycles. The van der Waals surface area contributed by atoms with E-state index in [9.17, 15) is 0 Å². The summed E-state index contributed by atoms with van der Waals surface area (Å²) in [5.41, 5.74) is 1.08. The molecular formula is C16H22Cl2IN5. The second-order valence-corrected chi connectivity index (χ2v) is 5.92. The van der Waals surface area contributed by atoms with Crippen LogP contribution < -0.4 is 5.32 Å². The number of hydrogen-bond donors (Lipinski definition) is 1. The van der Waals surface area contributed by atoms with E-state index in [0.29, 0.717) is 23.1 Å². The first-order valence-electron chi connectivity index (χ1n) is 7.51. The number of halogens is 3. The van der Waals surface area contributed by atoms with E-state index < -0.39 is 0 Å². The molecule has 0 bridgehead atoms. The molecule has 1 N–H and O–H groups in total. The lowest BCUT2D eigenvalue weighted by Crippen LogP contribution is -2.38. The molecule has 0 radical (unpaired) electrons. The van der Waals surface area contributed by atoms with Gasteiger partial charge in [-0.25, -0.2) is 0 Å². The first-order valence-corrected chi connectivity index (χ1v) is 8.26. The maximum atomic E-state index is 6.07. The molecule has 0 saturated carbocycles. The summed E-state index contributed by atoms with van der Waals surface area (Å²) in [6.45, 7) is 4.98. The fourth-order valence-corrected chi connectivity index (χ4v) is 2.47. The summed E-state index contributed by atoms with van der Waals surface area (Å²) in [4.78, 5) is 6.70. The Morgan fingerprint density at radius 2 is 2.12 bits per heavy atom. The third-order valence-corrected chi connectivity index (χ3v) is 3.99. The van der Waals surface area contributed by atoms with Crippen molar-refractivity contribution in [1.29, 1.82) is 0 Å². The molecule has 0 fully saturated rings. The molecule has 2 aromatic rings. The minimum atomic E-state index is 0. The number of benzene rings is 1. The van der Waals surface area contributed by atoms with E-state index in [1.165, 1.54) is 0 Å². The summed E-state index contributed by atoms with van der Waals surface area (Å²) in [6, 6.07) is 7.58. The van der Waals surface area contributed by atoms with Crippen LogP contribution in [-0.4, -0.2) is 40.8 Å². The van der Waals surface area contributed by atoms with Crippen LogP contribution in [0.2, 0.25) is 10.0 Å². The quantitative estimate of drug-likeness (QED) is 0.386. The van der Waals surface area contributed by atoms with Gasteiger partial charge >= 0.3 is 0 Å². The van der Waals surface area contributed by atoms with E-state index in [-0.39, 0.29) is 24.0 Å². The molecule has 0 amide bonds. The van der Waals surface area contributed by atoms with Crippen LogP contribution in [0.3, 0.4) is 0 Å². The third-order valence-electron chi connectivity index (χ3n) is 3.25. The lowest BCUT2D eigenvalue weighted by molar-refractivity contribution is 0.475. The van der Waals surface area contributed by atoms with Crippen molar-refractivity contribution in [2.45, 2.75) is 20.0 Å². The topological polar surface area (TPSA) is 45.5 Å². The Kier molecular flexibility index (Phi) is 9.46. The Balaban J connectivity index is 0.00000288. The molecule has 5 nitrogen and oxygen atoms in total. The summed E-state index contributed by atoms with van der Waals surface area (Å²) in [7, 11) is 2.00. The maximum Gasteiger partial charge on any atom is 0.194 e. The molecule has 2 rings (SSSR count). The fourth-order valence-electron chi connectivity index (χ4n) is 2.15. The van der Waals surface area contributed by atoms with Gasteiger partial charge in [-0.05, 0) is 30.7 Å². The number of hydrogen-bond acceptors (Lipinski definition) is 2. The van der Waals surface area contributed by atoms with Gasteiger partial charge < -0.3 is 10.2 Å². The lowest BCUT2D eigenvalue weighted by atomic mass is 10.2. The lowest BCUT2D eigenvalue weighted by Gasteiger charge is -2.22. The zero-order chi connectivity index (χ0) is 16.7. The van der Waals surface area contributed by atoms with Crippen LogP contribution in [0.15, 0.2) is 41.7 Å². The number of nitrogens with zero attached hydrogens (tertiary/aromatic N) is 4. The Morgan fingerprint density at radius 3 is 2.75 bits per heavy atom. The summed E-state index contributed by atoms with van der Waals surface area (Å²) in [6.07, 6.45) is 3.70. The van der Waals surface area contributed by atoms with Crippen molar-refractivity contribution in [2.24, 2.45) is 4.99 Å². The minimum Gasteiger partial charge on any atom is -0.357 e. The average Bonchev–Trinajstić information content (AvgIpc) is 3.03. The molecule has 0 saturated heterocycles. The van der Waals surface area contributed by atoms with E-state index in [0.717, 1.165) is 24.6 Å². The number of guanidine groups is 1. The van der Waals surface area contributed by atoms with Crippen LogP contribution >= 0.6 is 47.2 Å². The van der Waals surface area contributed by atoms with E-state index >= 15 is 0 Å². The molecule has 1 aromatic carbocycles. The zero-order valence-corrected chi connectivity index (χ0v) is 17.6. The molecular weight excluding hydrogens is 460 g/mol. The van der Waals surface area contributed by atoms with Gasteiger partial charge in [0.1, 0.15) is 0 Å². The van der Waals surface area contributed by atoms with Gasteiger partial charge in [0.05, 0.1) is 23.1 Å². The average molecular weight is 482 g/mol. The standard InChI is InChI=1S/C16H21Cl2N5.HI/c1-3-19-16(20-8-10-23-9-4-7-21-23)22(2)12-13-5-6-14(17)15(18)11-13;/h4-7,9,11H,3,8,10,12H2,1-2H3,(H,19,20);1H. The highest BCUT2D eigenvalue weighted by atomic mass is 127. The molecule has 1 heterocycles. The zero-order valence-electron chi connectivity index (χ0n) is 13.7. The number of nitrogens with one attached hydrogen (secondary N) is 1. The Labute approximate surface area is 170 Å². The smallest absolute Gasteiger partial charge is 0.194 e. The predicted octanol–water partition coefficient (Wildman–Crippen LogP) is 3.91. The highest BCUT2D eigenvalue weighted by Crippen LogP contribution is 2.23. The summed E-state index contributed by atoms with van der Waals surface area (Å²) in [5.74, 6) is 0.853. The van der Waals surface area contributed by atoms with Crippen molar-refractivity contribution in [2.75, 3.05) is 20.1 Å². The second kappa shape index (κ2) is 10.8. The van der Waals surface area contributed by atoms with Crippen LogP contribution in [0.25, 0.3) is 0 Å². The van der Waals surface area contributed by atoms with Gasteiger partial charge in [-0.3, -0.25) is 9.67 Å². The van der Waals surface area contributed by atoms with Crippen molar-refractivity contribution in [3.05, 3.63) is 52.3 Å². The highest BCUT2D eigenvalue weighted by molar-refractivity contribution is 14.0. The normalized spacial score (nSPS) is 11.1. The van der Waals surface area contributed by atoms with E-state index in [1.807, 2.05) is 42.2 Å². The van der Waals surface area contributed by atoms with Gasteiger partial charge in [-0.1, -0.05) is 29.3 Å². The molecule has 0 unspecified atom stereocenters. The largest absolute Gasteiger partial charge is 0.357 e. The van der Waals surface area contributed by atoms with Crippen LogP contribution in [0.1, 0.15) is 12.5 Å². The van der Waals surface area contributed by atoms with E-state index in [2.05, 4.69) is 27.2 Å². The Bertz CT molecular complexity index is 646. The van der Waals surface area contributed by atoms with Gasteiger partial charge in [0.2, 0.25) is 0 Å². The molecule has 0 aliphatic carbocycles. The first kappa shape index (κ1) is 21.1. The number of aromatic nitrogens is 2. The predicted molar refractivity (Wildman–Crippen MR) is 112 cm³/mol.